The van der Waals surface area contributed by atoms with Crippen molar-refractivity contribution in [1.82, 2.24) is 20.4 Å². The van der Waals surface area contributed by atoms with Crippen LogP contribution in [0.4, 0.5) is 0 Å². The lowest BCUT2D eigenvalue weighted by Crippen LogP contribution is -2.40. The fourth-order valence-corrected chi connectivity index (χ4v) is 1.86. The largest absolute Gasteiger partial charge is 0.350 e. The molecule has 0 atom stereocenters. The van der Waals surface area contributed by atoms with E-state index in [4.69, 9.17) is 11.6 Å². The van der Waals surface area contributed by atoms with E-state index in [-0.39, 0.29) is 22.2 Å². The molecule has 0 aliphatic carbocycles. The van der Waals surface area contributed by atoms with E-state index >= 15 is 0 Å². The highest BCUT2D eigenvalue weighted by Gasteiger charge is 2.20. The van der Waals surface area contributed by atoms with Gasteiger partial charge in [0, 0.05) is 13.1 Å². The van der Waals surface area contributed by atoms with E-state index < -0.39 is 0 Å². The maximum Gasteiger partial charge on any atom is 0.271 e. The van der Waals surface area contributed by atoms with Crippen molar-refractivity contribution in [2.75, 3.05) is 27.2 Å². The number of carbonyl (C=O) groups is 1. The van der Waals surface area contributed by atoms with Crippen LogP contribution in [-0.2, 0) is 0 Å². The minimum Gasteiger partial charge on any atom is -0.350 e. The molecule has 6 heteroatoms. The molecule has 1 N–H and O–H groups in total. The molecule has 18 heavy (non-hydrogen) atoms. The first-order valence-corrected chi connectivity index (χ1v) is 6.10. The summed E-state index contributed by atoms with van der Waals surface area (Å²) in [4.78, 5) is 13.9. The number of hydrogen-bond donors (Lipinski definition) is 1. The van der Waals surface area contributed by atoms with E-state index in [0.29, 0.717) is 6.54 Å². The lowest BCUT2D eigenvalue weighted by atomic mass is 9.93. The number of amides is 1. The van der Waals surface area contributed by atoms with Crippen LogP contribution in [0.3, 0.4) is 0 Å². The normalized spacial score (nSPS) is 11.7. The predicted molar refractivity (Wildman–Crippen MR) is 71.7 cm³/mol. The summed E-state index contributed by atoms with van der Waals surface area (Å²) in [7, 11) is 4.02. The minimum absolute atomic E-state index is 0.000978. The second kappa shape index (κ2) is 6.11. The lowest BCUT2D eigenvalue weighted by molar-refractivity contribution is 0.0923. The van der Waals surface area contributed by atoms with E-state index in [1.165, 1.54) is 0 Å². The highest BCUT2D eigenvalue weighted by Crippen LogP contribution is 2.14. The molecule has 100 valence electrons. The summed E-state index contributed by atoms with van der Waals surface area (Å²) >= 11 is 5.61. The standard InChI is InChI=1S/C12H19ClN4O/c1-12(2,8-17(3)4)7-14-11(18)9-5-6-10(13)16-15-9/h5-6H,7-8H2,1-4H3,(H,14,18). The molecule has 1 rings (SSSR count). The lowest BCUT2D eigenvalue weighted by Gasteiger charge is -2.28. The molecule has 1 aromatic heterocycles. The third-order valence-corrected chi connectivity index (χ3v) is 2.54. The average Bonchev–Trinajstić information content (AvgIpc) is 2.25. The summed E-state index contributed by atoms with van der Waals surface area (Å²) in [5.74, 6) is -0.231. The third-order valence-electron chi connectivity index (χ3n) is 2.34. The van der Waals surface area contributed by atoms with Gasteiger partial charge in [0.2, 0.25) is 0 Å². The van der Waals surface area contributed by atoms with Crippen LogP contribution >= 0.6 is 11.6 Å². The molecule has 0 aliphatic heterocycles. The van der Waals surface area contributed by atoms with Gasteiger partial charge >= 0.3 is 0 Å². The number of carbonyl (C=O) groups excluding carboxylic acids is 1. The molecule has 0 unspecified atom stereocenters. The number of halogens is 1. The van der Waals surface area contributed by atoms with E-state index in [0.717, 1.165) is 6.54 Å². The van der Waals surface area contributed by atoms with Crippen molar-refractivity contribution in [2.24, 2.45) is 5.41 Å². The van der Waals surface area contributed by atoms with Gasteiger partial charge in [-0.1, -0.05) is 25.4 Å². The Kier molecular flexibility index (Phi) is 5.04. The Morgan fingerprint density at radius 2 is 2.06 bits per heavy atom. The second-order valence-electron chi connectivity index (χ2n) is 5.33. The predicted octanol–water partition coefficient (Wildman–Crippen LogP) is 1.45. The zero-order valence-corrected chi connectivity index (χ0v) is 12.0. The monoisotopic (exact) mass is 270 g/mol. The van der Waals surface area contributed by atoms with Gasteiger partial charge < -0.3 is 10.2 Å². The Balaban J connectivity index is 2.53. The summed E-state index contributed by atoms with van der Waals surface area (Å²) in [5, 5.41) is 10.5. The van der Waals surface area contributed by atoms with E-state index in [1.54, 1.807) is 12.1 Å². The van der Waals surface area contributed by atoms with E-state index in [2.05, 4.69) is 34.3 Å². The van der Waals surface area contributed by atoms with Crippen LogP contribution in [0.25, 0.3) is 0 Å². The summed E-state index contributed by atoms with van der Waals surface area (Å²) in [6.45, 7) is 5.66. The van der Waals surface area contributed by atoms with Crippen LogP contribution in [0.2, 0.25) is 5.15 Å². The average molecular weight is 271 g/mol. The Morgan fingerprint density at radius 3 is 2.56 bits per heavy atom. The Bertz CT molecular complexity index is 403. The molecule has 0 saturated heterocycles. The zero-order chi connectivity index (χ0) is 13.8. The molecule has 1 amide bonds. The first kappa shape index (κ1) is 14.9. The van der Waals surface area contributed by atoms with Gasteiger partial charge in [0.25, 0.3) is 5.91 Å². The molecule has 0 radical (unpaired) electrons. The highest BCUT2D eigenvalue weighted by atomic mass is 35.5. The molecule has 0 bridgehead atoms. The minimum atomic E-state index is -0.231. The number of aromatic nitrogens is 2. The molecule has 1 aromatic rings. The number of nitrogens with one attached hydrogen (secondary N) is 1. The molecular weight excluding hydrogens is 252 g/mol. The van der Waals surface area contributed by atoms with Gasteiger partial charge in [-0.3, -0.25) is 4.79 Å². The summed E-state index contributed by atoms with van der Waals surface area (Å²) in [5.41, 5.74) is 0.277. The molecule has 1 heterocycles. The van der Waals surface area contributed by atoms with Crippen LogP contribution in [0.1, 0.15) is 24.3 Å². The molecule has 0 fully saturated rings. The van der Waals surface area contributed by atoms with Crippen molar-refractivity contribution in [3.63, 3.8) is 0 Å². The molecule has 0 aromatic carbocycles. The second-order valence-corrected chi connectivity index (χ2v) is 5.71. The van der Waals surface area contributed by atoms with Gasteiger partial charge in [0.15, 0.2) is 10.8 Å². The van der Waals surface area contributed by atoms with Crippen LogP contribution in [-0.4, -0.2) is 48.2 Å². The van der Waals surface area contributed by atoms with Gasteiger partial charge in [-0.2, -0.15) is 0 Å². The van der Waals surface area contributed by atoms with Gasteiger partial charge in [-0.25, -0.2) is 0 Å². The topological polar surface area (TPSA) is 58.1 Å². The molecule has 0 spiro atoms. The van der Waals surface area contributed by atoms with Crippen molar-refractivity contribution in [3.8, 4) is 0 Å². The fraction of sp³-hybridized carbons (Fsp3) is 0.583. The maximum atomic E-state index is 11.8. The van der Waals surface area contributed by atoms with Crippen molar-refractivity contribution in [2.45, 2.75) is 13.8 Å². The zero-order valence-electron chi connectivity index (χ0n) is 11.2. The third kappa shape index (κ3) is 4.98. The molecule has 0 aliphatic rings. The smallest absolute Gasteiger partial charge is 0.271 e. The molecule has 5 nitrogen and oxygen atoms in total. The van der Waals surface area contributed by atoms with E-state index in [1.807, 2.05) is 14.1 Å². The Hall–Kier alpha value is -1.20. The van der Waals surface area contributed by atoms with Crippen LogP contribution < -0.4 is 5.32 Å². The number of rotatable bonds is 5. The number of hydrogen-bond acceptors (Lipinski definition) is 4. The first-order valence-electron chi connectivity index (χ1n) is 5.72. The molecule has 0 saturated carbocycles. The van der Waals surface area contributed by atoms with Crippen LogP contribution in [0.15, 0.2) is 12.1 Å². The van der Waals surface area contributed by atoms with Gasteiger partial charge in [0.1, 0.15) is 0 Å². The van der Waals surface area contributed by atoms with Gasteiger partial charge in [-0.15, -0.1) is 10.2 Å². The van der Waals surface area contributed by atoms with Crippen molar-refractivity contribution in [3.05, 3.63) is 23.0 Å². The summed E-state index contributed by atoms with van der Waals surface area (Å²) < 4.78 is 0. The Morgan fingerprint density at radius 1 is 1.39 bits per heavy atom. The van der Waals surface area contributed by atoms with Crippen LogP contribution in [0.5, 0.6) is 0 Å². The van der Waals surface area contributed by atoms with Crippen molar-refractivity contribution in [1.29, 1.82) is 0 Å². The Labute approximate surface area is 113 Å². The van der Waals surface area contributed by atoms with E-state index in [9.17, 15) is 4.79 Å². The first-order chi connectivity index (χ1) is 8.30. The maximum absolute atomic E-state index is 11.8. The van der Waals surface area contributed by atoms with Crippen molar-refractivity contribution < 1.29 is 4.79 Å². The summed E-state index contributed by atoms with van der Waals surface area (Å²) in [6, 6.07) is 3.11. The molecular formula is C12H19ClN4O. The summed E-state index contributed by atoms with van der Waals surface area (Å²) in [6.07, 6.45) is 0. The fourth-order valence-electron chi connectivity index (χ4n) is 1.76. The highest BCUT2D eigenvalue weighted by molar-refractivity contribution is 6.29. The van der Waals surface area contributed by atoms with Gasteiger partial charge in [0.05, 0.1) is 0 Å². The number of nitrogens with zero attached hydrogens (tertiary/aromatic N) is 3. The van der Waals surface area contributed by atoms with Crippen molar-refractivity contribution >= 4 is 17.5 Å². The van der Waals surface area contributed by atoms with Gasteiger partial charge in [-0.05, 0) is 31.6 Å². The quantitative estimate of drug-likeness (QED) is 0.880. The van der Waals surface area contributed by atoms with Crippen LogP contribution in [0, 0.1) is 5.41 Å². The SMILES string of the molecule is CN(C)CC(C)(C)CNC(=O)c1ccc(Cl)nn1.